The normalized spacial score (nSPS) is 13.0. The number of ether oxygens (including phenoxy) is 2. The number of amides is 1. The van der Waals surface area contributed by atoms with Crippen LogP contribution >= 0.6 is 0 Å². The van der Waals surface area contributed by atoms with Crippen molar-refractivity contribution in [2.24, 2.45) is 0 Å². The molecule has 2 aromatic rings. The summed E-state index contributed by atoms with van der Waals surface area (Å²) in [4.78, 5) is 12.5. The van der Waals surface area contributed by atoms with Crippen molar-refractivity contribution in [3.05, 3.63) is 59.9 Å². The molecule has 24 heavy (non-hydrogen) atoms. The third-order valence-electron chi connectivity index (χ3n) is 3.73. The van der Waals surface area contributed by atoms with Crippen molar-refractivity contribution >= 4 is 5.91 Å². The van der Waals surface area contributed by atoms with Gasteiger partial charge >= 0.3 is 0 Å². The zero-order valence-electron chi connectivity index (χ0n) is 14.1. The van der Waals surface area contributed by atoms with E-state index in [0.29, 0.717) is 12.2 Å². The summed E-state index contributed by atoms with van der Waals surface area (Å²) in [6, 6.07) is 13.3. The molecular weight excluding hydrogens is 309 g/mol. The van der Waals surface area contributed by atoms with E-state index in [4.69, 9.17) is 9.47 Å². The van der Waals surface area contributed by atoms with Crippen molar-refractivity contribution in [3.63, 3.8) is 0 Å². The molecule has 0 saturated heterocycles. The highest BCUT2D eigenvalue weighted by Gasteiger charge is 2.22. The topological polar surface area (TPSA) is 47.6 Å². The maximum absolute atomic E-state index is 13.7. The number of para-hydroxylation sites is 2. The number of methoxy groups -OCH3 is 1. The number of rotatable bonds is 7. The molecule has 0 fully saturated rings. The fourth-order valence-corrected chi connectivity index (χ4v) is 2.42. The Kier molecular flexibility index (Phi) is 6.18. The quantitative estimate of drug-likeness (QED) is 0.838. The Labute approximate surface area is 141 Å². The van der Waals surface area contributed by atoms with Crippen LogP contribution in [0.4, 0.5) is 4.39 Å². The average molecular weight is 331 g/mol. The number of benzene rings is 2. The molecule has 0 spiro atoms. The molecule has 4 nitrogen and oxygen atoms in total. The van der Waals surface area contributed by atoms with Crippen molar-refractivity contribution < 1.29 is 18.7 Å². The first-order valence-electron chi connectivity index (χ1n) is 7.91. The summed E-state index contributed by atoms with van der Waals surface area (Å²) in [6.45, 7) is 3.68. The largest absolute Gasteiger partial charge is 0.496 e. The van der Waals surface area contributed by atoms with Crippen LogP contribution in [0.2, 0.25) is 0 Å². The molecule has 0 aliphatic heterocycles. The third-order valence-corrected chi connectivity index (χ3v) is 3.73. The third kappa shape index (κ3) is 4.25. The van der Waals surface area contributed by atoms with Crippen LogP contribution in [0, 0.1) is 5.82 Å². The molecule has 2 atom stereocenters. The van der Waals surface area contributed by atoms with Gasteiger partial charge in [0, 0.05) is 5.56 Å². The summed E-state index contributed by atoms with van der Waals surface area (Å²) in [5.41, 5.74) is 0.870. The first-order chi connectivity index (χ1) is 11.6. The molecule has 1 N–H and O–H groups in total. The van der Waals surface area contributed by atoms with E-state index in [1.165, 1.54) is 12.1 Å². The van der Waals surface area contributed by atoms with Gasteiger partial charge in [0.05, 0.1) is 13.2 Å². The SMILES string of the molecule is CC[C@H](Oc1ccccc1F)C(=O)N[C@@H](C)c1ccccc1OC. The molecule has 0 aromatic heterocycles. The molecule has 5 heteroatoms. The van der Waals surface area contributed by atoms with Crippen LogP contribution in [-0.2, 0) is 4.79 Å². The van der Waals surface area contributed by atoms with Crippen LogP contribution in [0.25, 0.3) is 0 Å². The highest BCUT2D eigenvalue weighted by atomic mass is 19.1. The summed E-state index contributed by atoms with van der Waals surface area (Å²) in [5.74, 6) is -0.00139. The van der Waals surface area contributed by atoms with Gasteiger partial charge in [0.25, 0.3) is 5.91 Å². The molecule has 0 unspecified atom stereocenters. The lowest BCUT2D eigenvalue weighted by atomic mass is 10.1. The lowest BCUT2D eigenvalue weighted by molar-refractivity contribution is -0.128. The van der Waals surface area contributed by atoms with Crippen molar-refractivity contribution in [1.82, 2.24) is 5.32 Å². The molecule has 0 radical (unpaired) electrons. The Morgan fingerprint density at radius 2 is 1.75 bits per heavy atom. The van der Waals surface area contributed by atoms with Crippen molar-refractivity contribution in [2.45, 2.75) is 32.4 Å². The monoisotopic (exact) mass is 331 g/mol. The Bertz CT molecular complexity index is 690. The maximum atomic E-state index is 13.7. The van der Waals surface area contributed by atoms with E-state index < -0.39 is 11.9 Å². The van der Waals surface area contributed by atoms with Crippen LogP contribution < -0.4 is 14.8 Å². The molecule has 0 saturated carbocycles. The Morgan fingerprint density at radius 1 is 1.12 bits per heavy atom. The minimum atomic E-state index is -0.765. The highest BCUT2D eigenvalue weighted by Crippen LogP contribution is 2.25. The van der Waals surface area contributed by atoms with Crippen LogP contribution in [0.1, 0.15) is 31.9 Å². The zero-order valence-corrected chi connectivity index (χ0v) is 14.1. The van der Waals surface area contributed by atoms with Gasteiger partial charge < -0.3 is 14.8 Å². The van der Waals surface area contributed by atoms with Crippen LogP contribution in [-0.4, -0.2) is 19.1 Å². The van der Waals surface area contributed by atoms with Crippen LogP contribution in [0.5, 0.6) is 11.5 Å². The fraction of sp³-hybridized carbons (Fsp3) is 0.316. The fourth-order valence-electron chi connectivity index (χ4n) is 2.42. The Hall–Kier alpha value is -2.56. The minimum absolute atomic E-state index is 0.0736. The van der Waals surface area contributed by atoms with E-state index in [0.717, 1.165) is 5.56 Å². The molecule has 1 amide bonds. The molecule has 0 bridgehead atoms. The number of carbonyl (C=O) groups excluding carboxylic acids is 1. The van der Waals surface area contributed by atoms with E-state index in [2.05, 4.69) is 5.32 Å². The van der Waals surface area contributed by atoms with Gasteiger partial charge in [-0.25, -0.2) is 4.39 Å². The Morgan fingerprint density at radius 3 is 2.38 bits per heavy atom. The van der Waals surface area contributed by atoms with Gasteiger partial charge in [0.1, 0.15) is 5.75 Å². The van der Waals surface area contributed by atoms with E-state index >= 15 is 0 Å². The second-order valence-corrected chi connectivity index (χ2v) is 5.42. The molecular formula is C19H22FNO3. The average Bonchev–Trinajstić information content (AvgIpc) is 2.60. The van der Waals surface area contributed by atoms with Gasteiger partial charge in [0.2, 0.25) is 0 Å². The van der Waals surface area contributed by atoms with Crippen molar-refractivity contribution in [1.29, 1.82) is 0 Å². The summed E-state index contributed by atoms with van der Waals surface area (Å²) in [7, 11) is 1.59. The predicted molar refractivity (Wildman–Crippen MR) is 90.7 cm³/mol. The lowest BCUT2D eigenvalue weighted by Crippen LogP contribution is -2.39. The van der Waals surface area contributed by atoms with E-state index in [1.54, 1.807) is 19.2 Å². The van der Waals surface area contributed by atoms with Crippen LogP contribution in [0.3, 0.4) is 0 Å². The second-order valence-electron chi connectivity index (χ2n) is 5.42. The summed E-state index contributed by atoms with van der Waals surface area (Å²) < 4.78 is 24.5. The van der Waals surface area contributed by atoms with Crippen molar-refractivity contribution in [2.75, 3.05) is 7.11 Å². The maximum Gasteiger partial charge on any atom is 0.261 e. The second kappa shape index (κ2) is 8.34. The predicted octanol–water partition coefficient (Wildman–Crippen LogP) is 3.87. The van der Waals surface area contributed by atoms with Gasteiger partial charge in [-0.3, -0.25) is 4.79 Å². The lowest BCUT2D eigenvalue weighted by Gasteiger charge is -2.22. The molecule has 2 rings (SSSR count). The summed E-state index contributed by atoms with van der Waals surface area (Å²) in [6.07, 6.45) is -0.335. The summed E-state index contributed by atoms with van der Waals surface area (Å²) >= 11 is 0. The van der Waals surface area contributed by atoms with E-state index in [1.807, 2.05) is 38.1 Å². The van der Waals surface area contributed by atoms with Crippen LogP contribution in [0.15, 0.2) is 48.5 Å². The molecule has 0 aliphatic carbocycles. The number of carbonyl (C=O) groups is 1. The van der Waals surface area contributed by atoms with E-state index in [-0.39, 0.29) is 17.7 Å². The van der Waals surface area contributed by atoms with Gasteiger partial charge in [-0.05, 0) is 31.5 Å². The number of hydrogen-bond acceptors (Lipinski definition) is 3. The number of halogens is 1. The molecule has 0 aliphatic rings. The van der Waals surface area contributed by atoms with Gasteiger partial charge in [-0.1, -0.05) is 37.3 Å². The number of nitrogens with one attached hydrogen (secondary N) is 1. The van der Waals surface area contributed by atoms with Gasteiger partial charge in [-0.2, -0.15) is 0 Å². The molecule has 0 heterocycles. The Balaban J connectivity index is 2.07. The van der Waals surface area contributed by atoms with E-state index in [9.17, 15) is 9.18 Å². The van der Waals surface area contributed by atoms with Gasteiger partial charge in [0.15, 0.2) is 17.7 Å². The smallest absolute Gasteiger partial charge is 0.261 e. The first-order valence-corrected chi connectivity index (χ1v) is 7.91. The minimum Gasteiger partial charge on any atom is -0.496 e. The number of hydrogen-bond donors (Lipinski definition) is 1. The highest BCUT2D eigenvalue weighted by molar-refractivity contribution is 5.81. The molecule has 2 aromatic carbocycles. The molecule has 128 valence electrons. The van der Waals surface area contributed by atoms with Gasteiger partial charge in [-0.15, -0.1) is 0 Å². The first kappa shape index (κ1) is 17.8. The zero-order chi connectivity index (χ0) is 17.5. The standard InChI is InChI=1S/C19H22FNO3/c1-4-16(24-18-12-8-6-10-15(18)20)19(22)21-13(2)14-9-5-7-11-17(14)23-3/h5-13,16H,4H2,1-3H3,(H,21,22)/t13-,16-/m0/s1. The summed E-state index contributed by atoms with van der Waals surface area (Å²) in [5, 5.41) is 2.90. The van der Waals surface area contributed by atoms with Crippen molar-refractivity contribution in [3.8, 4) is 11.5 Å².